The van der Waals surface area contributed by atoms with Crippen molar-refractivity contribution in [1.82, 2.24) is 25.5 Å². The van der Waals surface area contributed by atoms with Crippen molar-refractivity contribution in [2.24, 2.45) is 15.8 Å². The topological polar surface area (TPSA) is 355 Å². The molecule has 0 radical (unpaired) electrons. The maximum Gasteiger partial charge on any atom is 0.269 e. The van der Waals surface area contributed by atoms with Crippen LogP contribution in [0.1, 0.15) is 132 Å². The largest absolute Gasteiger partial charge is 0.508 e. The molecule has 0 saturated heterocycles. The van der Waals surface area contributed by atoms with Gasteiger partial charge in [0, 0.05) is 90.9 Å². The smallest absolute Gasteiger partial charge is 0.269 e. The first-order valence-electron chi connectivity index (χ1n) is 35.2. The van der Waals surface area contributed by atoms with Gasteiger partial charge in [-0.25, -0.2) is 5.84 Å². The second-order valence-corrected chi connectivity index (χ2v) is 26.1. The summed E-state index contributed by atoms with van der Waals surface area (Å²) in [7, 11) is 16.0. The Morgan fingerprint density at radius 1 is 0.545 bits per heavy atom. The summed E-state index contributed by atoms with van der Waals surface area (Å²) in [4.78, 5) is 40.1. The lowest BCUT2D eigenvalue weighted by molar-refractivity contribution is 0.0949. The van der Waals surface area contributed by atoms with Crippen molar-refractivity contribution in [3.63, 3.8) is 0 Å². The van der Waals surface area contributed by atoms with Crippen LogP contribution in [-0.4, -0.2) is 181 Å². The number of phenols is 6. The van der Waals surface area contributed by atoms with Crippen molar-refractivity contribution in [2.75, 3.05) is 128 Å². The molecule has 8 aromatic rings. The van der Waals surface area contributed by atoms with Gasteiger partial charge in [-0.05, 0) is 189 Å². The number of hydrogen-bond acceptors (Lipinski definition) is 26. The van der Waals surface area contributed by atoms with E-state index in [1.165, 1.54) is 31.4 Å². The number of nitrogens with two attached hydrogens (primary N) is 1. The SMILES string of the molecule is CCCN(C)c1cc(-n2c(-c3cc(C(C)C)c(O)cc3O)n[nH]c2=S)ccc1OC.CCCN(C)c1cc(N=C=S)ccc1OC.CCCN(C)c1cc(N=C=S)ccc1OC.CCCN(C)c1cc(NC(=S)NCC(=O)c2cc(C(C)C)c(O)cc2O)ccc1OC.CCO.COc1cc(C(=O)NN)c(O)cc1O. The first-order chi connectivity index (χ1) is 52.4. The Hall–Kier alpha value is -10.8. The van der Waals surface area contributed by atoms with Gasteiger partial charge in [-0.1, -0.05) is 55.4 Å². The van der Waals surface area contributed by atoms with Crippen LogP contribution in [-0.2, 0) is 0 Å². The number of ether oxygens (including phenoxy) is 5. The zero-order chi connectivity index (χ0) is 82.5. The van der Waals surface area contributed by atoms with E-state index in [1.54, 1.807) is 46.0 Å². The second kappa shape index (κ2) is 47.9. The number of nitrogen functional groups attached to an aromatic ring is 1. The van der Waals surface area contributed by atoms with E-state index < -0.39 is 5.91 Å². The number of hydrazine groups is 1. The number of ketones is 1. The molecular formula is C79H107N13O14S4. The number of aliphatic hydroxyl groups is 1. The number of H-pyrrole nitrogens is 1. The van der Waals surface area contributed by atoms with Crippen molar-refractivity contribution in [1.29, 1.82) is 0 Å². The average Bonchev–Trinajstić information content (AvgIpc) is 1.65. The summed E-state index contributed by atoms with van der Waals surface area (Å²) in [5.74, 6) is 6.83. The molecule has 31 heteroatoms. The summed E-state index contributed by atoms with van der Waals surface area (Å²) < 4.78 is 28.5. The first-order valence-corrected chi connectivity index (χ1v) is 36.9. The third-order valence-corrected chi connectivity index (χ3v) is 16.9. The van der Waals surface area contributed by atoms with Gasteiger partial charge in [0.2, 0.25) is 0 Å². The number of aromatic amines is 1. The second-order valence-electron chi connectivity index (χ2n) is 25.0. The van der Waals surface area contributed by atoms with Crippen molar-refractivity contribution >= 4 is 116 Å². The Morgan fingerprint density at radius 2 is 0.945 bits per heavy atom. The fraction of sp³-hybridized carbons (Fsp3) is 0.380. The normalized spacial score (nSPS) is 10.2. The predicted molar refractivity (Wildman–Crippen MR) is 454 cm³/mol. The summed E-state index contributed by atoms with van der Waals surface area (Å²) >= 11 is 20.0. The standard InChI is InChI=1S/C23H31N3O4S.C22H28N4O3S.2C12H16N2OS.C8H10N2O4.C2H6O/c1-6-9-26(4)18-10-15(7-8-22(18)30-5)25-23(31)24-13-21(29)17-11-16(14(2)3)19(27)12-20(17)28;1-6-9-25(4)17-10-14(7-8-20(17)29-5)26-21(23-24-22(26)30)16-11-15(13(2)3)18(27)12-19(16)28;2*1-4-7-14(2)11-8-10(13-9-16)5-6-12(11)15-3;1-14-7-2-4(8(13)10-9)5(11)3-6(7)12;1-2-3/h7-8,10-12,14,27-28H,6,9,13H2,1-5H3,(H2,24,25,31);7-8,10-13,27-28H,6,9H2,1-5H3,(H,24,30);2*5-6,8H,4,7H2,1-3H3;2-3,11-12H,9H2,1H3,(H,10,13);3H,2H2,1H3. The molecule has 0 bridgehead atoms. The number of benzene rings is 7. The lowest BCUT2D eigenvalue weighted by atomic mass is 9.97. The third kappa shape index (κ3) is 27.4. The van der Waals surface area contributed by atoms with E-state index in [4.69, 9.17) is 59.1 Å². The molecule has 1 amide bonds. The van der Waals surface area contributed by atoms with E-state index in [0.29, 0.717) is 21.7 Å². The molecule has 0 aliphatic rings. The Morgan fingerprint density at radius 3 is 1.37 bits per heavy atom. The highest BCUT2D eigenvalue weighted by Gasteiger charge is 2.23. The number of phenolic OH excluding ortho intramolecular Hbond substituents is 6. The molecule has 0 aliphatic heterocycles. The number of nitrogens with one attached hydrogen (secondary N) is 4. The van der Waals surface area contributed by atoms with E-state index in [0.717, 1.165) is 132 Å². The van der Waals surface area contributed by atoms with E-state index in [2.05, 4.69) is 113 Å². The van der Waals surface area contributed by atoms with E-state index >= 15 is 0 Å². The lowest BCUT2D eigenvalue weighted by Gasteiger charge is -2.22. The van der Waals surface area contributed by atoms with Crippen molar-refractivity contribution in [3.05, 3.63) is 136 Å². The lowest BCUT2D eigenvalue weighted by Crippen LogP contribution is -2.33. The number of hydrogen-bond donors (Lipinski definition) is 12. The highest BCUT2D eigenvalue weighted by molar-refractivity contribution is 7.80. The maximum absolute atomic E-state index is 12.6. The fourth-order valence-corrected chi connectivity index (χ4v) is 11.5. The third-order valence-electron chi connectivity index (χ3n) is 16.2. The Balaban J connectivity index is 0.000000367. The summed E-state index contributed by atoms with van der Waals surface area (Å²) in [6.45, 7) is 21.8. The van der Waals surface area contributed by atoms with Crippen LogP contribution in [0.3, 0.4) is 0 Å². The van der Waals surface area contributed by atoms with Gasteiger partial charge in [0.25, 0.3) is 5.91 Å². The number of aliphatic hydroxyl groups excluding tert-OH is 1. The maximum atomic E-state index is 12.6. The van der Waals surface area contributed by atoms with Crippen molar-refractivity contribution in [3.8, 4) is 80.3 Å². The minimum Gasteiger partial charge on any atom is -0.508 e. The number of aromatic hydroxyl groups is 6. The van der Waals surface area contributed by atoms with Gasteiger partial charge >= 0.3 is 0 Å². The molecular weight excluding hydrogens is 1480 g/mol. The molecule has 27 nitrogen and oxygen atoms in total. The van der Waals surface area contributed by atoms with Gasteiger partial charge < -0.3 is 89.7 Å². The Labute approximate surface area is 666 Å². The Kier molecular flexibility index (Phi) is 40.7. The molecule has 0 atom stereocenters. The molecule has 0 fully saturated rings. The summed E-state index contributed by atoms with van der Waals surface area (Å²) in [6.07, 6.45) is 4.17. The molecule has 13 N–H and O–H groups in total. The van der Waals surface area contributed by atoms with Crippen LogP contribution in [0.25, 0.3) is 17.1 Å². The zero-order valence-corrected chi connectivity index (χ0v) is 69.2. The van der Waals surface area contributed by atoms with Crippen LogP contribution in [0.4, 0.5) is 39.8 Å². The van der Waals surface area contributed by atoms with Crippen molar-refractivity contribution < 1.29 is 69.0 Å². The number of aliphatic imine (C=N–C) groups is 2. The highest BCUT2D eigenvalue weighted by atomic mass is 32.1. The summed E-state index contributed by atoms with van der Waals surface area (Å²) in [5.41, 5.74) is 10.8. The number of carbonyl (C=O) groups excluding carboxylic acids is 2. The van der Waals surface area contributed by atoms with Gasteiger partial charge in [0.15, 0.2) is 33.0 Å². The van der Waals surface area contributed by atoms with Gasteiger partial charge in [0.1, 0.15) is 51.7 Å². The zero-order valence-electron chi connectivity index (χ0n) is 65.9. The number of rotatable bonds is 28. The van der Waals surface area contributed by atoms with Gasteiger partial charge in [0.05, 0.1) is 109 Å². The minimum absolute atomic E-state index is 0.0120. The molecule has 1 heterocycles. The molecule has 0 spiro atoms. The average molecular weight is 1590 g/mol. The number of isothiocyanates is 2. The van der Waals surface area contributed by atoms with Crippen LogP contribution in [0, 0.1) is 4.77 Å². The number of thiocarbonyl (C=S) groups is 3. The number of carbonyl (C=O) groups is 2. The van der Waals surface area contributed by atoms with Gasteiger partial charge in [-0.2, -0.15) is 15.1 Å². The van der Waals surface area contributed by atoms with Crippen LogP contribution in [0.5, 0.6) is 63.2 Å². The van der Waals surface area contributed by atoms with Crippen LogP contribution < -0.4 is 65.2 Å². The fourth-order valence-electron chi connectivity index (χ4n) is 10.8. The number of amides is 1. The van der Waals surface area contributed by atoms with Gasteiger partial charge in [-0.15, -0.1) is 0 Å². The molecule has 0 saturated carbocycles. The molecule has 8 rings (SSSR count). The molecule has 7 aromatic carbocycles. The number of anilines is 5. The number of nitrogens with zero attached hydrogens (tertiary/aromatic N) is 8. The monoisotopic (exact) mass is 1590 g/mol. The molecule has 1 aromatic heterocycles. The van der Waals surface area contributed by atoms with Crippen LogP contribution in [0.15, 0.2) is 119 Å². The number of aromatic nitrogens is 3. The van der Waals surface area contributed by atoms with Crippen LogP contribution in [0.2, 0.25) is 0 Å². The Bertz CT molecular complexity index is 4390. The number of methoxy groups -OCH3 is 5. The van der Waals surface area contributed by atoms with E-state index in [1.807, 2.05) is 134 Å². The molecule has 110 heavy (non-hydrogen) atoms. The molecule has 596 valence electrons. The quantitative estimate of drug-likeness (QED) is 0.00541. The molecule has 0 aliphatic carbocycles. The first kappa shape index (κ1) is 93.5. The van der Waals surface area contributed by atoms with Crippen molar-refractivity contribution in [2.45, 2.75) is 99.8 Å². The van der Waals surface area contributed by atoms with Crippen LogP contribution >= 0.6 is 48.9 Å². The van der Waals surface area contributed by atoms with E-state index in [-0.39, 0.29) is 87.3 Å². The summed E-state index contributed by atoms with van der Waals surface area (Å²) in [5, 5.41) is 85.0. The minimum atomic E-state index is -0.666. The number of Topliss-reactive ketones (excluding diaryl/α,β-unsaturated/α-hetero) is 1. The predicted octanol–water partition coefficient (Wildman–Crippen LogP) is 15.5. The van der Waals surface area contributed by atoms with E-state index in [9.17, 15) is 40.2 Å². The highest BCUT2D eigenvalue weighted by Crippen LogP contribution is 2.41. The summed E-state index contributed by atoms with van der Waals surface area (Å²) in [6, 6.07) is 30.9. The van der Waals surface area contributed by atoms with Gasteiger partial charge in [-0.3, -0.25) is 24.7 Å². The molecule has 0 unspecified atom stereocenters.